The highest BCUT2D eigenvalue weighted by Gasteiger charge is 1.99. The number of aromatic nitrogens is 2. The molecule has 0 saturated carbocycles. The molecule has 0 aliphatic carbocycles. The number of hydrogen-bond acceptors (Lipinski definition) is 2. The number of aryl methyl sites for hydroxylation is 2. The van der Waals surface area contributed by atoms with Gasteiger partial charge in [-0.3, -0.25) is 0 Å². The van der Waals surface area contributed by atoms with Gasteiger partial charge in [-0.1, -0.05) is 19.1 Å². The van der Waals surface area contributed by atoms with Crippen molar-refractivity contribution in [3.05, 3.63) is 48.0 Å². The molecule has 5 nitrogen and oxygen atoms in total. The van der Waals surface area contributed by atoms with Crippen LogP contribution in [0.1, 0.15) is 18.3 Å². The van der Waals surface area contributed by atoms with E-state index in [0.717, 1.165) is 17.9 Å². The number of benzene rings is 1. The van der Waals surface area contributed by atoms with Crippen LogP contribution in [0.3, 0.4) is 0 Å². The third-order valence-electron chi connectivity index (χ3n) is 2.92. The number of imidazole rings is 1. The Labute approximate surface area is 136 Å². The summed E-state index contributed by atoms with van der Waals surface area (Å²) in [5.74, 6) is 1.28. The van der Waals surface area contributed by atoms with Gasteiger partial charge in [0, 0.05) is 25.1 Å². The highest BCUT2D eigenvalue weighted by molar-refractivity contribution is 14.0. The SMILES string of the molecule is CCc1cccc(NC(N)=NCc2nccn2C)c1.I. The van der Waals surface area contributed by atoms with Crippen molar-refractivity contribution in [2.24, 2.45) is 17.8 Å². The van der Waals surface area contributed by atoms with Crippen molar-refractivity contribution in [1.82, 2.24) is 9.55 Å². The highest BCUT2D eigenvalue weighted by atomic mass is 127. The number of aliphatic imine (C=N–C) groups is 1. The molecule has 0 atom stereocenters. The first-order chi connectivity index (χ1) is 9.19. The maximum absolute atomic E-state index is 5.87. The maximum Gasteiger partial charge on any atom is 0.193 e. The van der Waals surface area contributed by atoms with E-state index in [4.69, 9.17) is 5.73 Å². The molecule has 0 unspecified atom stereocenters. The Morgan fingerprint density at radius 2 is 2.25 bits per heavy atom. The van der Waals surface area contributed by atoms with Crippen LogP contribution in [0.5, 0.6) is 0 Å². The first kappa shape index (κ1) is 16.5. The molecule has 6 heteroatoms. The second kappa shape index (κ2) is 7.88. The van der Waals surface area contributed by atoms with Gasteiger partial charge in [0.2, 0.25) is 0 Å². The minimum Gasteiger partial charge on any atom is -0.370 e. The molecule has 0 amide bonds. The number of nitrogens with two attached hydrogens (primary N) is 1. The lowest BCUT2D eigenvalue weighted by Crippen LogP contribution is -2.22. The van der Waals surface area contributed by atoms with Crippen molar-refractivity contribution >= 4 is 35.6 Å². The normalized spacial score (nSPS) is 11.0. The van der Waals surface area contributed by atoms with Crippen LogP contribution in [0.4, 0.5) is 5.69 Å². The van der Waals surface area contributed by atoms with E-state index in [-0.39, 0.29) is 24.0 Å². The lowest BCUT2D eigenvalue weighted by molar-refractivity contribution is 0.793. The number of nitrogens with zero attached hydrogens (tertiary/aromatic N) is 3. The number of nitrogens with one attached hydrogen (secondary N) is 1. The molecule has 1 aromatic heterocycles. The van der Waals surface area contributed by atoms with Crippen molar-refractivity contribution in [2.75, 3.05) is 5.32 Å². The van der Waals surface area contributed by atoms with Crippen LogP contribution in [0.15, 0.2) is 41.7 Å². The van der Waals surface area contributed by atoms with Gasteiger partial charge >= 0.3 is 0 Å². The molecular weight excluding hydrogens is 365 g/mol. The molecule has 0 fully saturated rings. The number of rotatable bonds is 4. The molecule has 2 aromatic rings. The summed E-state index contributed by atoms with van der Waals surface area (Å²) >= 11 is 0. The van der Waals surface area contributed by atoms with Crippen molar-refractivity contribution in [3.63, 3.8) is 0 Å². The molecule has 0 aliphatic rings. The van der Waals surface area contributed by atoms with Crippen LogP contribution in [0, 0.1) is 0 Å². The van der Waals surface area contributed by atoms with Gasteiger partial charge in [0.1, 0.15) is 12.4 Å². The lowest BCUT2D eigenvalue weighted by atomic mass is 10.1. The van der Waals surface area contributed by atoms with Gasteiger partial charge in [0.05, 0.1) is 0 Å². The van der Waals surface area contributed by atoms with Crippen molar-refractivity contribution in [2.45, 2.75) is 19.9 Å². The van der Waals surface area contributed by atoms with E-state index in [0.29, 0.717) is 12.5 Å². The standard InChI is InChI=1S/C14H19N5.HI/c1-3-11-5-4-6-12(9-11)18-14(15)17-10-13-16-7-8-19(13)2;/h4-9H,3,10H2,1-2H3,(H3,15,17,18);1H. The number of guanidine groups is 1. The second-order valence-electron chi connectivity index (χ2n) is 4.33. The fourth-order valence-electron chi connectivity index (χ4n) is 1.76. The topological polar surface area (TPSA) is 68.2 Å². The molecule has 1 aromatic carbocycles. The zero-order valence-corrected chi connectivity index (χ0v) is 14.0. The van der Waals surface area contributed by atoms with Crippen LogP contribution in [-0.2, 0) is 20.0 Å². The highest BCUT2D eigenvalue weighted by Crippen LogP contribution is 2.10. The zero-order valence-electron chi connectivity index (χ0n) is 11.7. The predicted molar refractivity (Wildman–Crippen MR) is 93.4 cm³/mol. The molecule has 0 bridgehead atoms. The lowest BCUT2D eigenvalue weighted by Gasteiger charge is -2.07. The minimum absolute atomic E-state index is 0. The summed E-state index contributed by atoms with van der Waals surface area (Å²) in [6, 6.07) is 8.14. The molecule has 2 rings (SSSR count). The Hall–Kier alpha value is -1.57. The van der Waals surface area contributed by atoms with Crippen molar-refractivity contribution < 1.29 is 0 Å². The molecule has 20 heavy (non-hydrogen) atoms. The smallest absolute Gasteiger partial charge is 0.193 e. The Bertz CT molecular complexity index is 576. The molecule has 3 N–H and O–H groups in total. The Morgan fingerprint density at radius 1 is 1.45 bits per heavy atom. The van der Waals surface area contributed by atoms with Crippen molar-refractivity contribution in [3.8, 4) is 0 Å². The van der Waals surface area contributed by atoms with Gasteiger partial charge < -0.3 is 15.6 Å². The summed E-state index contributed by atoms with van der Waals surface area (Å²) in [5.41, 5.74) is 8.09. The summed E-state index contributed by atoms with van der Waals surface area (Å²) in [4.78, 5) is 8.47. The van der Waals surface area contributed by atoms with E-state index in [2.05, 4.69) is 34.3 Å². The molecule has 0 spiro atoms. The summed E-state index contributed by atoms with van der Waals surface area (Å²) in [5, 5.41) is 3.09. The van der Waals surface area contributed by atoms with Crippen LogP contribution in [0.25, 0.3) is 0 Å². The molecule has 108 valence electrons. The van der Waals surface area contributed by atoms with Crippen LogP contribution >= 0.6 is 24.0 Å². The number of halogens is 1. The first-order valence-corrected chi connectivity index (χ1v) is 6.31. The van der Waals surface area contributed by atoms with E-state index in [1.807, 2.05) is 29.9 Å². The van der Waals surface area contributed by atoms with E-state index in [1.165, 1.54) is 5.56 Å². The van der Waals surface area contributed by atoms with Gasteiger partial charge in [-0.15, -0.1) is 24.0 Å². The first-order valence-electron chi connectivity index (χ1n) is 6.31. The van der Waals surface area contributed by atoms with E-state index in [9.17, 15) is 0 Å². The zero-order chi connectivity index (χ0) is 13.7. The van der Waals surface area contributed by atoms with Gasteiger partial charge in [-0.25, -0.2) is 9.98 Å². The third-order valence-corrected chi connectivity index (χ3v) is 2.92. The van der Waals surface area contributed by atoms with Gasteiger partial charge in [-0.2, -0.15) is 0 Å². The Morgan fingerprint density at radius 3 is 2.90 bits per heavy atom. The average molecular weight is 385 g/mol. The quantitative estimate of drug-likeness (QED) is 0.483. The van der Waals surface area contributed by atoms with E-state index >= 15 is 0 Å². The van der Waals surface area contributed by atoms with Gasteiger partial charge in [-0.05, 0) is 24.1 Å². The summed E-state index contributed by atoms with van der Waals surface area (Å²) in [6.07, 6.45) is 4.64. The van der Waals surface area contributed by atoms with Crippen molar-refractivity contribution in [1.29, 1.82) is 0 Å². The fourth-order valence-corrected chi connectivity index (χ4v) is 1.76. The molecule has 0 aliphatic heterocycles. The number of anilines is 1. The summed E-state index contributed by atoms with van der Waals surface area (Å²) in [6.45, 7) is 2.59. The van der Waals surface area contributed by atoms with Gasteiger partial charge in [0.15, 0.2) is 5.96 Å². The minimum atomic E-state index is 0. The Balaban J connectivity index is 0.00000200. The molecule has 0 radical (unpaired) electrons. The van der Waals surface area contributed by atoms with Gasteiger partial charge in [0.25, 0.3) is 0 Å². The third kappa shape index (κ3) is 4.52. The predicted octanol–water partition coefficient (Wildman–Crippen LogP) is 2.53. The average Bonchev–Trinajstić information content (AvgIpc) is 2.82. The fraction of sp³-hybridized carbons (Fsp3) is 0.286. The number of hydrogen-bond donors (Lipinski definition) is 2. The monoisotopic (exact) mass is 385 g/mol. The second-order valence-corrected chi connectivity index (χ2v) is 4.33. The van der Waals surface area contributed by atoms with E-state index in [1.54, 1.807) is 6.20 Å². The summed E-state index contributed by atoms with van der Waals surface area (Å²) in [7, 11) is 1.94. The largest absolute Gasteiger partial charge is 0.370 e. The molecule has 0 saturated heterocycles. The van der Waals surface area contributed by atoms with Crippen LogP contribution < -0.4 is 11.1 Å². The van der Waals surface area contributed by atoms with Crippen LogP contribution in [-0.4, -0.2) is 15.5 Å². The molecule has 1 heterocycles. The van der Waals surface area contributed by atoms with Crippen LogP contribution in [0.2, 0.25) is 0 Å². The summed E-state index contributed by atoms with van der Waals surface area (Å²) < 4.78 is 1.93. The molecular formula is C14H20IN5. The maximum atomic E-state index is 5.87. The Kier molecular flexibility index (Phi) is 6.50. The van der Waals surface area contributed by atoms with E-state index < -0.39 is 0 Å².